The molecule has 1 aliphatic heterocycles. The molecule has 2 heterocycles. The van der Waals surface area contributed by atoms with Crippen LogP contribution in [0.5, 0.6) is 0 Å². The van der Waals surface area contributed by atoms with Gasteiger partial charge in [0.05, 0.1) is 6.61 Å². The van der Waals surface area contributed by atoms with Crippen molar-refractivity contribution in [2.45, 2.75) is 44.8 Å². The molecule has 5 nitrogen and oxygen atoms in total. The van der Waals surface area contributed by atoms with Crippen molar-refractivity contribution in [3.05, 3.63) is 11.7 Å². The fourth-order valence-corrected chi connectivity index (χ4v) is 3.38. The zero-order valence-electron chi connectivity index (χ0n) is 12.0. The molecule has 20 heavy (non-hydrogen) atoms. The number of thioether (sulfide) groups is 1. The number of rotatable bonds is 7. The fraction of sp³-hybridized carbons (Fsp3) is 0.857. The molecule has 0 radical (unpaired) electrons. The van der Waals surface area contributed by atoms with Crippen LogP contribution in [0.3, 0.4) is 0 Å². The Bertz CT molecular complexity index is 416. The summed E-state index contributed by atoms with van der Waals surface area (Å²) in [6, 6.07) is 0.491. The van der Waals surface area contributed by atoms with Gasteiger partial charge in [-0.05, 0) is 31.7 Å². The van der Waals surface area contributed by atoms with E-state index in [0.29, 0.717) is 6.04 Å². The van der Waals surface area contributed by atoms with E-state index < -0.39 is 0 Å². The quantitative estimate of drug-likeness (QED) is 0.832. The van der Waals surface area contributed by atoms with E-state index in [1.165, 1.54) is 12.8 Å². The van der Waals surface area contributed by atoms with Crippen LogP contribution >= 0.6 is 11.8 Å². The molecule has 1 aliphatic carbocycles. The summed E-state index contributed by atoms with van der Waals surface area (Å²) in [7, 11) is 0. The van der Waals surface area contributed by atoms with Gasteiger partial charge in [-0.25, -0.2) is 0 Å². The molecule has 0 spiro atoms. The van der Waals surface area contributed by atoms with Gasteiger partial charge in [-0.3, -0.25) is 0 Å². The molecule has 3 rings (SSSR count). The minimum absolute atomic E-state index is 0.00854. The maximum atomic E-state index is 5.69. The maximum absolute atomic E-state index is 5.69. The van der Waals surface area contributed by atoms with Gasteiger partial charge < -0.3 is 14.6 Å². The Hall–Kier alpha value is -0.590. The molecule has 6 heteroatoms. The molecule has 0 bridgehead atoms. The zero-order chi connectivity index (χ0) is 13.8. The van der Waals surface area contributed by atoms with Crippen LogP contribution in [0.1, 0.15) is 44.0 Å². The molecule has 112 valence electrons. The summed E-state index contributed by atoms with van der Waals surface area (Å²) in [5.41, 5.74) is 0. The molecule has 0 aromatic carbocycles. The second kappa shape index (κ2) is 6.91. The van der Waals surface area contributed by atoms with Crippen LogP contribution in [-0.2, 0) is 11.2 Å². The lowest BCUT2D eigenvalue weighted by Crippen LogP contribution is -2.33. The molecule has 1 aromatic heterocycles. The minimum atomic E-state index is 0.00854. The second-order valence-corrected chi connectivity index (χ2v) is 6.73. The first-order valence-corrected chi connectivity index (χ1v) is 8.77. The Kier molecular flexibility index (Phi) is 4.96. The average molecular weight is 297 g/mol. The number of nitrogens with zero attached hydrogens (tertiary/aromatic N) is 2. The Morgan fingerprint density at radius 3 is 3.05 bits per heavy atom. The maximum Gasteiger partial charge on any atom is 0.228 e. The minimum Gasteiger partial charge on any atom is -0.368 e. The smallest absolute Gasteiger partial charge is 0.228 e. The van der Waals surface area contributed by atoms with E-state index in [1.807, 2.05) is 11.8 Å². The number of hydrogen-bond donors (Lipinski definition) is 1. The van der Waals surface area contributed by atoms with E-state index in [0.717, 1.165) is 55.1 Å². The highest BCUT2D eigenvalue weighted by Gasteiger charge is 2.32. The van der Waals surface area contributed by atoms with Crippen LogP contribution in [0.2, 0.25) is 0 Å². The third-order valence-electron chi connectivity index (χ3n) is 3.83. The van der Waals surface area contributed by atoms with E-state index in [4.69, 9.17) is 9.26 Å². The number of nitrogens with one attached hydrogen (secondary N) is 1. The van der Waals surface area contributed by atoms with Crippen molar-refractivity contribution in [2.75, 3.05) is 24.7 Å². The van der Waals surface area contributed by atoms with Crippen LogP contribution in [0, 0.1) is 5.92 Å². The topological polar surface area (TPSA) is 60.2 Å². The van der Waals surface area contributed by atoms with E-state index >= 15 is 0 Å². The van der Waals surface area contributed by atoms with Gasteiger partial charge in [0.25, 0.3) is 0 Å². The Balaban J connectivity index is 1.57. The van der Waals surface area contributed by atoms with E-state index in [2.05, 4.69) is 22.4 Å². The van der Waals surface area contributed by atoms with Crippen molar-refractivity contribution in [3.8, 4) is 0 Å². The van der Waals surface area contributed by atoms with Gasteiger partial charge in [-0.15, -0.1) is 0 Å². The van der Waals surface area contributed by atoms with Crippen LogP contribution in [-0.4, -0.2) is 40.8 Å². The Morgan fingerprint density at radius 2 is 2.35 bits per heavy atom. The molecule has 1 saturated carbocycles. The molecule has 2 unspecified atom stereocenters. The monoisotopic (exact) mass is 297 g/mol. The van der Waals surface area contributed by atoms with Crippen LogP contribution in [0.25, 0.3) is 0 Å². The van der Waals surface area contributed by atoms with Gasteiger partial charge >= 0.3 is 0 Å². The van der Waals surface area contributed by atoms with Crippen molar-refractivity contribution in [3.63, 3.8) is 0 Å². The summed E-state index contributed by atoms with van der Waals surface area (Å²) >= 11 is 1.89. The van der Waals surface area contributed by atoms with Crippen molar-refractivity contribution >= 4 is 11.8 Å². The summed E-state index contributed by atoms with van der Waals surface area (Å²) in [6.07, 6.45) is 4.66. The van der Waals surface area contributed by atoms with Crippen LogP contribution < -0.4 is 5.32 Å². The standard InChI is InChI=1S/C14H23N3O2S/c1-2-5-15-11(10-3-4-10)8-13-16-14(17-19-13)12-9-20-7-6-18-12/h10-12,15H,2-9H2,1H3. The summed E-state index contributed by atoms with van der Waals surface area (Å²) in [5, 5.41) is 7.71. The predicted octanol–water partition coefficient (Wildman–Crippen LogP) is 2.19. The highest BCUT2D eigenvalue weighted by molar-refractivity contribution is 7.99. The Morgan fingerprint density at radius 1 is 1.45 bits per heavy atom. The average Bonchev–Trinajstić information content (AvgIpc) is 3.23. The summed E-state index contributed by atoms with van der Waals surface area (Å²) in [4.78, 5) is 4.54. The van der Waals surface area contributed by atoms with Gasteiger partial charge in [0.2, 0.25) is 11.7 Å². The van der Waals surface area contributed by atoms with Crippen molar-refractivity contribution in [1.82, 2.24) is 15.5 Å². The van der Waals surface area contributed by atoms with Crippen molar-refractivity contribution in [2.24, 2.45) is 5.92 Å². The highest BCUT2D eigenvalue weighted by atomic mass is 32.2. The summed E-state index contributed by atoms with van der Waals surface area (Å²) in [6.45, 7) is 4.03. The first kappa shape index (κ1) is 14.4. The number of hydrogen-bond acceptors (Lipinski definition) is 6. The van der Waals surface area contributed by atoms with Gasteiger partial charge in [0.1, 0.15) is 6.10 Å². The largest absolute Gasteiger partial charge is 0.368 e. The zero-order valence-corrected chi connectivity index (χ0v) is 12.8. The molecular formula is C14H23N3O2S. The lowest BCUT2D eigenvalue weighted by atomic mass is 10.1. The first-order valence-electron chi connectivity index (χ1n) is 7.62. The third kappa shape index (κ3) is 3.74. The number of aromatic nitrogens is 2. The first-order chi connectivity index (χ1) is 9.86. The lowest BCUT2D eigenvalue weighted by Gasteiger charge is -2.18. The lowest BCUT2D eigenvalue weighted by molar-refractivity contribution is 0.0677. The second-order valence-electron chi connectivity index (χ2n) is 5.58. The normalized spacial score (nSPS) is 24.8. The van der Waals surface area contributed by atoms with E-state index in [9.17, 15) is 0 Å². The van der Waals surface area contributed by atoms with Crippen molar-refractivity contribution in [1.29, 1.82) is 0 Å². The SMILES string of the molecule is CCCNC(Cc1nc(C2CSCCO2)no1)C1CC1. The molecule has 1 aromatic rings. The van der Waals surface area contributed by atoms with Gasteiger partial charge in [0.15, 0.2) is 0 Å². The van der Waals surface area contributed by atoms with Gasteiger partial charge in [-0.2, -0.15) is 16.7 Å². The molecular weight excluding hydrogens is 274 g/mol. The Labute approximate surface area is 124 Å². The highest BCUT2D eigenvalue weighted by Crippen LogP contribution is 2.34. The molecule has 1 N–H and O–H groups in total. The van der Waals surface area contributed by atoms with Gasteiger partial charge in [-0.1, -0.05) is 12.1 Å². The van der Waals surface area contributed by atoms with Crippen LogP contribution in [0.4, 0.5) is 0 Å². The summed E-state index contributed by atoms with van der Waals surface area (Å²) < 4.78 is 11.1. The summed E-state index contributed by atoms with van der Waals surface area (Å²) in [5.74, 6) is 4.25. The molecule has 0 amide bonds. The van der Waals surface area contributed by atoms with Crippen LogP contribution in [0.15, 0.2) is 4.52 Å². The fourth-order valence-electron chi connectivity index (χ4n) is 2.54. The van der Waals surface area contributed by atoms with Gasteiger partial charge in [0, 0.05) is 24.0 Å². The van der Waals surface area contributed by atoms with E-state index in [-0.39, 0.29) is 6.10 Å². The molecule has 1 saturated heterocycles. The molecule has 2 fully saturated rings. The molecule has 2 atom stereocenters. The molecule has 2 aliphatic rings. The third-order valence-corrected chi connectivity index (χ3v) is 4.82. The predicted molar refractivity (Wildman–Crippen MR) is 78.8 cm³/mol. The van der Waals surface area contributed by atoms with Crippen molar-refractivity contribution < 1.29 is 9.26 Å². The number of ether oxygens (including phenoxy) is 1. The van der Waals surface area contributed by atoms with E-state index in [1.54, 1.807) is 0 Å².